The second-order valence-corrected chi connectivity index (χ2v) is 5.94. The number of carbonyl (C=O) groups is 1. The second-order valence-electron chi connectivity index (χ2n) is 5.94. The lowest BCUT2D eigenvalue weighted by molar-refractivity contribution is -0.110. The minimum atomic E-state index is -0.141. The van der Waals surface area contributed by atoms with E-state index in [9.17, 15) is 4.79 Å². The summed E-state index contributed by atoms with van der Waals surface area (Å²) < 4.78 is 10.7. The predicted molar refractivity (Wildman–Crippen MR) is 103 cm³/mol. The second kappa shape index (κ2) is 7.49. The number of rotatable bonds is 6. The van der Waals surface area contributed by atoms with Crippen LogP contribution in [0, 0.1) is 0 Å². The van der Waals surface area contributed by atoms with Gasteiger partial charge in [0.15, 0.2) is 11.5 Å². The molecule has 0 aromatic heterocycles. The number of nitrogens with two attached hydrogens (primary N) is 1. The van der Waals surface area contributed by atoms with Gasteiger partial charge in [-0.1, -0.05) is 19.1 Å². The third kappa shape index (κ3) is 3.23. The normalized spacial score (nSPS) is 14.5. The first-order chi connectivity index (χ1) is 12.6. The van der Waals surface area contributed by atoms with E-state index in [4.69, 9.17) is 15.2 Å². The summed E-state index contributed by atoms with van der Waals surface area (Å²) in [5.74, 6) is 1.03. The molecule has 0 spiro atoms. The van der Waals surface area contributed by atoms with Crippen molar-refractivity contribution in [2.45, 2.75) is 19.9 Å². The first-order valence-electron chi connectivity index (χ1n) is 8.48. The largest absolute Gasteiger partial charge is 0.493 e. The maximum atomic E-state index is 12.6. The van der Waals surface area contributed by atoms with Crippen LogP contribution in [0.2, 0.25) is 0 Å². The molecular formula is C20H23N3O3. The molecule has 136 valence electrons. The molecule has 1 aliphatic heterocycles. The summed E-state index contributed by atoms with van der Waals surface area (Å²) in [6, 6.07) is 11.5. The maximum absolute atomic E-state index is 12.6. The molecule has 4 N–H and O–H groups in total. The highest BCUT2D eigenvalue weighted by molar-refractivity contribution is 6.32. The van der Waals surface area contributed by atoms with Crippen molar-refractivity contribution in [3.8, 4) is 11.5 Å². The topological polar surface area (TPSA) is 85.6 Å². The monoisotopic (exact) mass is 353 g/mol. The fraction of sp³-hybridized carbons (Fsp3) is 0.250. The first-order valence-corrected chi connectivity index (χ1v) is 8.48. The van der Waals surface area contributed by atoms with E-state index in [0.29, 0.717) is 35.7 Å². The van der Waals surface area contributed by atoms with Gasteiger partial charge >= 0.3 is 0 Å². The Labute approximate surface area is 153 Å². The molecule has 1 heterocycles. The average Bonchev–Trinajstić information content (AvgIpc) is 3.00. The van der Waals surface area contributed by atoms with Crippen LogP contribution in [0.4, 0.5) is 11.4 Å². The number of hydrogen-bond acceptors (Lipinski definition) is 5. The fourth-order valence-electron chi connectivity index (χ4n) is 3.02. The van der Waals surface area contributed by atoms with Gasteiger partial charge in [-0.25, -0.2) is 0 Å². The molecule has 6 heteroatoms. The minimum absolute atomic E-state index is 0.141. The van der Waals surface area contributed by atoms with E-state index in [2.05, 4.69) is 10.6 Å². The number of fused-ring (bicyclic) bond motifs is 1. The van der Waals surface area contributed by atoms with Crippen LogP contribution < -0.4 is 25.8 Å². The Balaban J connectivity index is 2.03. The van der Waals surface area contributed by atoms with E-state index in [0.717, 1.165) is 22.5 Å². The van der Waals surface area contributed by atoms with Crippen molar-refractivity contribution in [3.63, 3.8) is 0 Å². The minimum Gasteiger partial charge on any atom is -0.493 e. The van der Waals surface area contributed by atoms with E-state index in [1.54, 1.807) is 20.3 Å². The van der Waals surface area contributed by atoms with Crippen molar-refractivity contribution in [1.82, 2.24) is 0 Å². The molecule has 2 aromatic rings. The van der Waals surface area contributed by atoms with E-state index >= 15 is 0 Å². The molecule has 26 heavy (non-hydrogen) atoms. The molecule has 1 aliphatic rings. The van der Waals surface area contributed by atoms with E-state index in [1.165, 1.54) is 0 Å². The summed E-state index contributed by atoms with van der Waals surface area (Å²) in [4.78, 5) is 12.6. The van der Waals surface area contributed by atoms with Crippen LogP contribution in [0.5, 0.6) is 11.5 Å². The van der Waals surface area contributed by atoms with Gasteiger partial charge in [0.25, 0.3) is 5.91 Å². The summed E-state index contributed by atoms with van der Waals surface area (Å²) in [6.45, 7) is 2.51. The quantitative estimate of drug-likeness (QED) is 0.694. The fourth-order valence-corrected chi connectivity index (χ4v) is 3.02. The third-order valence-corrected chi connectivity index (χ3v) is 4.41. The predicted octanol–water partition coefficient (Wildman–Crippen LogP) is 3.35. The Morgan fingerprint density at radius 2 is 1.77 bits per heavy atom. The molecule has 0 aliphatic carbocycles. The number of hydrogen-bond donors (Lipinski definition) is 3. The lowest BCUT2D eigenvalue weighted by Crippen LogP contribution is -2.10. The van der Waals surface area contributed by atoms with Gasteiger partial charge in [-0.15, -0.1) is 0 Å². The molecule has 6 nitrogen and oxygen atoms in total. The van der Waals surface area contributed by atoms with E-state index in [1.807, 2.05) is 37.3 Å². The van der Waals surface area contributed by atoms with Gasteiger partial charge in [-0.3, -0.25) is 4.79 Å². The van der Waals surface area contributed by atoms with Crippen LogP contribution in [0.15, 0.2) is 42.1 Å². The van der Waals surface area contributed by atoms with E-state index < -0.39 is 0 Å². The lowest BCUT2D eigenvalue weighted by Gasteiger charge is -2.14. The molecule has 2 aromatic carbocycles. The van der Waals surface area contributed by atoms with E-state index in [-0.39, 0.29) is 5.91 Å². The highest BCUT2D eigenvalue weighted by Gasteiger charge is 2.29. The number of allylic oxidation sites excluding steroid dienone is 1. The summed E-state index contributed by atoms with van der Waals surface area (Å²) in [5.41, 5.74) is 10.6. The van der Waals surface area contributed by atoms with Crippen LogP contribution in [0.25, 0.3) is 5.57 Å². The summed E-state index contributed by atoms with van der Waals surface area (Å²) >= 11 is 0. The van der Waals surface area contributed by atoms with Crippen molar-refractivity contribution >= 4 is 22.9 Å². The zero-order chi connectivity index (χ0) is 18.7. The summed E-state index contributed by atoms with van der Waals surface area (Å²) in [6.07, 6.45) is 0.676. The highest BCUT2D eigenvalue weighted by atomic mass is 16.5. The number of amides is 1. The molecule has 0 saturated carbocycles. The van der Waals surface area contributed by atoms with Crippen LogP contribution in [-0.4, -0.2) is 20.1 Å². The number of anilines is 2. The number of methoxy groups -OCH3 is 2. The van der Waals surface area contributed by atoms with Crippen molar-refractivity contribution in [3.05, 3.63) is 53.2 Å². The zero-order valence-electron chi connectivity index (χ0n) is 15.2. The van der Waals surface area contributed by atoms with Crippen molar-refractivity contribution in [1.29, 1.82) is 0 Å². The van der Waals surface area contributed by atoms with Crippen LogP contribution in [-0.2, 0) is 11.3 Å². The summed E-state index contributed by atoms with van der Waals surface area (Å²) in [5, 5.41) is 6.27. The van der Waals surface area contributed by atoms with Gasteiger partial charge in [-0.2, -0.15) is 0 Å². The standard InChI is InChI=1S/C20H23N3O3/c1-4-15(22-13-7-5-12(11-21)6-8-13)19-14-9-17(25-2)18(26-3)10-16(14)23-20(19)24/h5-10,22H,4,11,21H2,1-3H3,(H,23,24)/b19-15-. The molecule has 0 fully saturated rings. The van der Waals surface area contributed by atoms with Gasteiger partial charge < -0.3 is 25.8 Å². The van der Waals surface area contributed by atoms with Gasteiger partial charge in [0.1, 0.15) is 0 Å². The first kappa shape index (κ1) is 17.8. The lowest BCUT2D eigenvalue weighted by atomic mass is 10.0. The molecule has 0 saturated heterocycles. The van der Waals surface area contributed by atoms with Gasteiger partial charge in [0, 0.05) is 29.6 Å². The van der Waals surface area contributed by atoms with Gasteiger partial charge in [0.05, 0.1) is 25.5 Å². The molecule has 3 rings (SSSR count). The zero-order valence-corrected chi connectivity index (χ0v) is 15.2. The Morgan fingerprint density at radius 1 is 1.12 bits per heavy atom. The Morgan fingerprint density at radius 3 is 2.35 bits per heavy atom. The third-order valence-electron chi connectivity index (χ3n) is 4.41. The van der Waals surface area contributed by atoms with Gasteiger partial charge in [-0.05, 0) is 30.2 Å². The van der Waals surface area contributed by atoms with Crippen LogP contribution in [0.3, 0.4) is 0 Å². The molecule has 0 unspecified atom stereocenters. The van der Waals surface area contributed by atoms with Crippen LogP contribution in [0.1, 0.15) is 24.5 Å². The number of ether oxygens (including phenoxy) is 2. The number of carbonyl (C=O) groups excluding carboxylic acids is 1. The summed E-state index contributed by atoms with van der Waals surface area (Å²) in [7, 11) is 3.15. The van der Waals surface area contributed by atoms with Crippen LogP contribution >= 0.6 is 0 Å². The SMILES string of the molecule is CC/C(Nc1ccc(CN)cc1)=C1/C(=O)Nc2cc(OC)c(OC)cc21. The Hall–Kier alpha value is -2.99. The van der Waals surface area contributed by atoms with Crippen molar-refractivity contribution < 1.29 is 14.3 Å². The number of nitrogens with one attached hydrogen (secondary N) is 2. The maximum Gasteiger partial charge on any atom is 0.258 e. The Bertz CT molecular complexity index is 857. The van der Waals surface area contributed by atoms with Crippen molar-refractivity contribution in [2.75, 3.05) is 24.9 Å². The molecule has 1 amide bonds. The molecule has 0 radical (unpaired) electrons. The average molecular weight is 353 g/mol. The highest BCUT2D eigenvalue weighted by Crippen LogP contribution is 2.42. The number of benzene rings is 2. The molecular weight excluding hydrogens is 330 g/mol. The van der Waals surface area contributed by atoms with Gasteiger partial charge in [0.2, 0.25) is 0 Å². The molecule has 0 atom stereocenters. The Kier molecular flexibility index (Phi) is 5.14. The smallest absolute Gasteiger partial charge is 0.258 e. The molecule has 0 bridgehead atoms. The van der Waals surface area contributed by atoms with Crippen molar-refractivity contribution in [2.24, 2.45) is 5.73 Å².